The Morgan fingerprint density at radius 1 is 0.929 bits per heavy atom. The lowest BCUT2D eigenvalue weighted by Crippen LogP contribution is -2.18. The van der Waals surface area contributed by atoms with Crippen molar-refractivity contribution in [2.75, 3.05) is 38.5 Å². The molecule has 6 heteroatoms. The number of hydrogen-bond donors (Lipinski definition) is 2. The lowest BCUT2D eigenvalue weighted by Gasteiger charge is -2.16. The van der Waals surface area contributed by atoms with Gasteiger partial charge in [0.05, 0.1) is 21.3 Å². The number of anilines is 2. The zero-order chi connectivity index (χ0) is 20.5. The molecular weight excluding hydrogens is 356 g/mol. The Morgan fingerprint density at radius 3 is 1.96 bits per heavy atom. The zero-order valence-corrected chi connectivity index (χ0v) is 17.3. The number of benzene rings is 2. The molecule has 0 unspecified atom stereocenters. The van der Waals surface area contributed by atoms with Crippen LogP contribution in [0.2, 0.25) is 0 Å². The molecule has 0 atom stereocenters. The molecule has 0 fully saturated rings. The van der Waals surface area contributed by atoms with Gasteiger partial charge in [0.25, 0.3) is 0 Å². The van der Waals surface area contributed by atoms with Gasteiger partial charge in [0.1, 0.15) is 0 Å². The van der Waals surface area contributed by atoms with Crippen LogP contribution < -0.4 is 24.8 Å². The molecule has 0 bridgehead atoms. The maximum absolute atomic E-state index is 12.5. The lowest BCUT2D eigenvalue weighted by atomic mass is 10.0. The maximum atomic E-state index is 12.5. The zero-order valence-electron chi connectivity index (χ0n) is 17.3. The molecule has 28 heavy (non-hydrogen) atoms. The highest BCUT2D eigenvalue weighted by molar-refractivity contribution is 5.92. The topological polar surface area (TPSA) is 68.8 Å². The van der Waals surface area contributed by atoms with Crippen molar-refractivity contribution >= 4 is 17.3 Å². The average molecular weight is 386 g/mol. The molecule has 0 spiro atoms. The van der Waals surface area contributed by atoms with E-state index in [9.17, 15) is 4.79 Å². The summed E-state index contributed by atoms with van der Waals surface area (Å²) in [5.41, 5.74) is 4.06. The van der Waals surface area contributed by atoms with Crippen LogP contribution in [0.5, 0.6) is 17.2 Å². The van der Waals surface area contributed by atoms with E-state index in [2.05, 4.69) is 36.6 Å². The first kappa shape index (κ1) is 21.4. The smallest absolute Gasteiger partial charge is 0.226 e. The molecule has 1 amide bonds. The van der Waals surface area contributed by atoms with Crippen LogP contribution in [0.3, 0.4) is 0 Å². The second-order valence-electron chi connectivity index (χ2n) is 6.30. The molecule has 2 rings (SSSR count). The number of nitrogens with one attached hydrogen (secondary N) is 2. The van der Waals surface area contributed by atoms with Crippen molar-refractivity contribution in [1.29, 1.82) is 0 Å². The van der Waals surface area contributed by atoms with E-state index in [1.165, 1.54) is 0 Å². The number of methoxy groups -OCH3 is 3. The standard InChI is InChI=1S/C22H30N2O4/c1-6-15-9-8-10-16(7-2)21(15)24-20(25)11-12-23-17-13-18(26-3)22(28-5)19(14-17)27-4/h8-10,13-14,23H,6-7,11-12H2,1-5H3,(H,24,25). The SMILES string of the molecule is CCc1cccc(CC)c1NC(=O)CCNc1cc(OC)c(OC)c(OC)c1. The van der Waals surface area contributed by atoms with Crippen LogP contribution in [0.1, 0.15) is 31.4 Å². The third-order valence-corrected chi connectivity index (χ3v) is 4.61. The predicted molar refractivity (Wildman–Crippen MR) is 113 cm³/mol. The Labute approximate surface area is 167 Å². The van der Waals surface area contributed by atoms with Gasteiger partial charge in [-0.1, -0.05) is 32.0 Å². The summed E-state index contributed by atoms with van der Waals surface area (Å²) in [6, 6.07) is 9.80. The Hall–Kier alpha value is -2.89. The Bertz CT molecular complexity index is 758. The summed E-state index contributed by atoms with van der Waals surface area (Å²) < 4.78 is 16.0. The number of ether oxygens (including phenoxy) is 3. The molecule has 0 saturated heterocycles. The molecule has 0 radical (unpaired) electrons. The van der Waals surface area contributed by atoms with Gasteiger partial charge >= 0.3 is 0 Å². The Kier molecular flexibility index (Phi) is 7.99. The van der Waals surface area contributed by atoms with Crippen LogP contribution in [-0.2, 0) is 17.6 Å². The van der Waals surface area contributed by atoms with Crippen LogP contribution in [0, 0.1) is 0 Å². The van der Waals surface area contributed by atoms with E-state index in [0.29, 0.717) is 30.2 Å². The van der Waals surface area contributed by atoms with Gasteiger partial charge in [-0.15, -0.1) is 0 Å². The summed E-state index contributed by atoms with van der Waals surface area (Å²) in [7, 11) is 4.71. The van der Waals surface area contributed by atoms with Gasteiger partial charge in [0.15, 0.2) is 11.5 Å². The number of hydrogen-bond acceptors (Lipinski definition) is 5. The first-order valence-electron chi connectivity index (χ1n) is 9.52. The first-order valence-corrected chi connectivity index (χ1v) is 9.52. The number of rotatable bonds is 10. The van der Waals surface area contributed by atoms with Gasteiger partial charge in [0, 0.05) is 36.5 Å². The van der Waals surface area contributed by atoms with Crippen molar-refractivity contribution in [2.24, 2.45) is 0 Å². The fourth-order valence-electron chi connectivity index (χ4n) is 3.11. The van der Waals surface area contributed by atoms with Gasteiger partial charge in [-0.25, -0.2) is 0 Å². The predicted octanol–water partition coefficient (Wildman–Crippen LogP) is 4.28. The summed E-state index contributed by atoms with van der Waals surface area (Å²) in [4.78, 5) is 12.5. The highest BCUT2D eigenvalue weighted by Crippen LogP contribution is 2.39. The number of para-hydroxylation sites is 1. The van der Waals surface area contributed by atoms with Gasteiger partial charge in [-0.2, -0.15) is 0 Å². The van der Waals surface area contributed by atoms with E-state index in [4.69, 9.17) is 14.2 Å². The van der Waals surface area contributed by atoms with E-state index in [0.717, 1.165) is 35.3 Å². The van der Waals surface area contributed by atoms with Crippen molar-refractivity contribution in [1.82, 2.24) is 0 Å². The van der Waals surface area contributed by atoms with Crippen molar-refractivity contribution in [3.8, 4) is 17.2 Å². The second-order valence-corrected chi connectivity index (χ2v) is 6.30. The van der Waals surface area contributed by atoms with Crippen LogP contribution in [0.25, 0.3) is 0 Å². The lowest BCUT2D eigenvalue weighted by molar-refractivity contribution is -0.115. The molecule has 0 aromatic heterocycles. The molecule has 0 aliphatic heterocycles. The number of aryl methyl sites for hydroxylation is 2. The molecule has 0 aliphatic rings. The number of carbonyl (C=O) groups is 1. The van der Waals surface area contributed by atoms with Crippen LogP contribution in [0.4, 0.5) is 11.4 Å². The average Bonchev–Trinajstić information content (AvgIpc) is 2.72. The summed E-state index contributed by atoms with van der Waals surface area (Å²) >= 11 is 0. The summed E-state index contributed by atoms with van der Waals surface area (Å²) in [6.07, 6.45) is 2.11. The van der Waals surface area contributed by atoms with Crippen LogP contribution in [0.15, 0.2) is 30.3 Å². The molecule has 2 aromatic carbocycles. The van der Waals surface area contributed by atoms with Gasteiger partial charge in [0.2, 0.25) is 11.7 Å². The molecule has 0 aliphatic carbocycles. The highest BCUT2D eigenvalue weighted by Gasteiger charge is 2.14. The number of amides is 1. The Balaban J connectivity index is 2.02. The summed E-state index contributed by atoms with van der Waals surface area (Å²) in [5.74, 6) is 1.66. The maximum Gasteiger partial charge on any atom is 0.226 e. The highest BCUT2D eigenvalue weighted by atomic mass is 16.5. The fraction of sp³-hybridized carbons (Fsp3) is 0.409. The normalized spacial score (nSPS) is 10.3. The van der Waals surface area contributed by atoms with Gasteiger partial charge in [-0.05, 0) is 24.0 Å². The molecule has 6 nitrogen and oxygen atoms in total. The molecular formula is C22H30N2O4. The van der Waals surface area contributed by atoms with Gasteiger partial charge in [-0.3, -0.25) is 4.79 Å². The Morgan fingerprint density at radius 2 is 1.50 bits per heavy atom. The van der Waals surface area contributed by atoms with E-state index < -0.39 is 0 Å². The number of carbonyl (C=O) groups excluding carboxylic acids is 1. The minimum atomic E-state index is -0.0180. The first-order chi connectivity index (χ1) is 13.6. The van der Waals surface area contributed by atoms with E-state index in [-0.39, 0.29) is 5.91 Å². The van der Waals surface area contributed by atoms with Crippen LogP contribution >= 0.6 is 0 Å². The minimum Gasteiger partial charge on any atom is -0.493 e. The quantitative estimate of drug-likeness (QED) is 0.638. The van der Waals surface area contributed by atoms with Crippen molar-refractivity contribution in [2.45, 2.75) is 33.1 Å². The molecule has 0 heterocycles. The third-order valence-electron chi connectivity index (χ3n) is 4.61. The second kappa shape index (κ2) is 10.4. The van der Waals surface area contributed by atoms with Crippen molar-refractivity contribution in [3.05, 3.63) is 41.5 Å². The summed E-state index contributed by atoms with van der Waals surface area (Å²) in [6.45, 7) is 4.67. The van der Waals surface area contributed by atoms with Crippen molar-refractivity contribution < 1.29 is 19.0 Å². The largest absolute Gasteiger partial charge is 0.493 e. The van der Waals surface area contributed by atoms with Crippen LogP contribution in [-0.4, -0.2) is 33.8 Å². The summed E-state index contributed by atoms with van der Waals surface area (Å²) in [5, 5.41) is 6.33. The van der Waals surface area contributed by atoms with E-state index in [1.807, 2.05) is 18.2 Å². The third kappa shape index (κ3) is 5.09. The van der Waals surface area contributed by atoms with E-state index in [1.54, 1.807) is 21.3 Å². The monoisotopic (exact) mass is 386 g/mol. The molecule has 2 aromatic rings. The molecule has 2 N–H and O–H groups in total. The van der Waals surface area contributed by atoms with E-state index >= 15 is 0 Å². The minimum absolute atomic E-state index is 0.0180. The molecule has 152 valence electrons. The van der Waals surface area contributed by atoms with Gasteiger partial charge < -0.3 is 24.8 Å². The fourth-order valence-corrected chi connectivity index (χ4v) is 3.11. The molecule has 0 saturated carbocycles. The van der Waals surface area contributed by atoms with Crippen molar-refractivity contribution in [3.63, 3.8) is 0 Å².